The van der Waals surface area contributed by atoms with Gasteiger partial charge in [0.15, 0.2) is 23.2 Å². The summed E-state index contributed by atoms with van der Waals surface area (Å²) in [6.07, 6.45) is 5.40. The van der Waals surface area contributed by atoms with Crippen LogP contribution in [0.4, 0.5) is 8.78 Å². The van der Waals surface area contributed by atoms with Crippen LogP contribution in [0.15, 0.2) is 60.8 Å². The molecule has 3 heterocycles. The Morgan fingerprint density at radius 3 is 2.71 bits per heavy atom. The summed E-state index contributed by atoms with van der Waals surface area (Å²) in [6.45, 7) is 8.37. The Bertz CT molecular complexity index is 1970. The predicted molar refractivity (Wildman–Crippen MR) is 187 cm³/mol. The number of rotatable bonds is 4. The fourth-order valence-corrected chi connectivity index (χ4v) is 7.86. The van der Waals surface area contributed by atoms with Crippen molar-refractivity contribution < 1.29 is 23.4 Å². The number of hydrogen-bond acceptors (Lipinski definition) is 5. The van der Waals surface area contributed by atoms with Crippen LogP contribution in [-0.4, -0.2) is 42.3 Å². The van der Waals surface area contributed by atoms with Gasteiger partial charge in [0.05, 0.1) is 16.9 Å². The number of thioether (sulfide) groups is 1. The highest BCUT2D eigenvalue weighted by Crippen LogP contribution is 2.41. The molecule has 0 saturated heterocycles. The van der Waals surface area contributed by atoms with Crippen molar-refractivity contribution in [3.63, 3.8) is 0 Å². The minimum atomic E-state index is -0.837. The topological polar surface area (TPSA) is 93.0 Å². The maximum absolute atomic E-state index is 15.6. The molecule has 10 heteroatoms. The number of aryl methyl sites for hydroxylation is 2. The van der Waals surface area contributed by atoms with Gasteiger partial charge in [0.25, 0.3) is 0 Å². The molecule has 252 valence electrons. The first-order valence-electron chi connectivity index (χ1n) is 16.4. The standard InChI is InChI=1S/C38H42F2N4O3S/c1-23(35(45)46)18-24-8-6-9-25(19-24)38(4)15-7-14-37(2,3)22-48-17-13-28-27-12-16-41-32(27)21-31(40)33(28)47-26-10-11-30(39)29(20-26)34-42-36(38)43-44(34)5/h6,8-12,16,19-21,23,41H,7,13-15,17-18,22H2,1-5H3,(H,45,46)/t23-,38+/m0/s1. The first-order valence-corrected chi connectivity index (χ1v) is 17.6. The van der Waals surface area contributed by atoms with Crippen molar-refractivity contribution in [1.29, 1.82) is 0 Å². The maximum Gasteiger partial charge on any atom is 0.306 e. The van der Waals surface area contributed by atoms with Crippen LogP contribution in [0.1, 0.15) is 69.5 Å². The molecule has 1 aliphatic heterocycles. The number of carboxylic acid groups (broad SMARTS) is 1. The summed E-state index contributed by atoms with van der Waals surface area (Å²) in [4.78, 5) is 19.7. The summed E-state index contributed by atoms with van der Waals surface area (Å²) >= 11 is 1.85. The van der Waals surface area contributed by atoms with Gasteiger partial charge >= 0.3 is 5.97 Å². The molecule has 6 rings (SSSR count). The second kappa shape index (κ2) is 13.4. The molecule has 0 aliphatic carbocycles. The number of aliphatic carboxylic acids is 1. The smallest absolute Gasteiger partial charge is 0.306 e. The average Bonchev–Trinajstić information content (AvgIpc) is 3.67. The highest BCUT2D eigenvalue weighted by Gasteiger charge is 2.35. The van der Waals surface area contributed by atoms with E-state index in [4.69, 9.17) is 14.8 Å². The van der Waals surface area contributed by atoms with Crippen molar-refractivity contribution in [2.45, 2.75) is 65.2 Å². The number of hydrogen-bond donors (Lipinski definition) is 2. The molecule has 2 atom stereocenters. The third-order valence-electron chi connectivity index (χ3n) is 9.57. The highest BCUT2D eigenvalue weighted by atomic mass is 32.2. The predicted octanol–water partition coefficient (Wildman–Crippen LogP) is 9.09. The number of H-pyrrole nitrogens is 1. The Kier molecular flexibility index (Phi) is 9.40. The van der Waals surface area contributed by atoms with E-state index in [9.17, 15) is 9.90 Å². The second-order valence-electron chi connectivity index (χ2n) is 14.0. The van der Waals surface area contributed by atoms with Gasteiger partial charge in [0.1, 0.15) is 11.6 Å². The number of aromatic amines is 1. The Balaban J connectivity index is 1.46. The minimum Gasteiger partial charge on any atom is -0.481 e. The molecule has 7 nitrogen and oxygen atoms in total. The van der Waals surface area contributed by atoms with E-state index >= 15 is 8.78 Å². The molecule has 3 aromatic carbocycles. The quantitative estimate of drug-likeness (QED) is 0.198. The molecule has 4 bridgehead atoms. The van der Waals surface area contributed by atoms with Gasteiger partial charge in [-0.05, 0) is 84.9 Å². The monoisotopic (exact) mass is 672 g/mol. The van der Waals surface area contributed by atoms with E-state index < -0.39 is 28.9 Å². The van der Waals surface area contributed by atoms with Crippen molar-refractivity contribution in [1.82, 2.24) is 19.7 Å². The van der Waals surface area contributed by atoms with Crippen molar-refractivity contribution in [3.8, 4) is 22.9 Å². The molecule has 0 spiro atoms. The van der Waals surface area contributed by atoms with E-state index in [2.05, 4.69) is 31.8 Å². The Labute approximate surface area is 284 Å². The van der Waals surface area contributed by atoms with Crippen LogP contribution in [-0.2, 0) is 30.1 Å². The summed E-state index contributed by atoms with van der Waals surface area (Å²) in [5, 5.41) is 15.3. The number of nitrogens with zero attached hydrogens (tertiary/aromatic N) is 3. The molecule has 48 heavy (non-hydrogen) atoms. The minimum absolute atomic E-state index is 0.0315. The Morgan fingerprint density at radius 2 is 1.92 bits per heavy atom. The molecule has 0 saturated carbocycles. The zero-order valence-corrected chi connectivity index (χ0v) is 28.9. The maximum atomic E-state index is 15.6. The van der Waals surface area contributed by atoms with E-state index in [0.29, 0.717) is 35.8 Å². The zero-order chi connectivity index (χ0) is 34.2. The number of benzene rings is 3. The summed E-state index contributed by atoms with van der Waals surface area (Å²) < 4.78 is 39.0. The fraction of sp³-hybridized carbons (Fsp3) is 0.395. The summed E-state index contributed by atoms with van der Waals surface area (Å²) in [7, 11) is 1.74. The number of carboxylic acids is 1. The van der Waals surface area contributed by atoms with Crippen molar-refractivity contribution in [2.24, 2.45) is 18.4 Å². The van der Waals surface area contributed by atoms with Gasteiger partial charge in [0, 0.05) is 35.8 Å². The lowest BCUT2D eigenvalue weighted by Gasteiger charge is -2.31. The number of nitrogens with one attached hydrogen (secondary N) is 1. The number of aromatic nitrogens is 4. The fourth-order valence-electron chi connectivity index (χ4n) is 6.67. The van der Waals surface area contributed by atoms with Gasteiger partial charge < -0.3 is 14.8 Å². The van der Waals surface area contributed by atoms with Gasteiger partial charge in [0.2, 0.25) is 0 Å². The normalized spacial score (nSPS) is 19.1. The van der Waals surface area contributed by atoms with Crippen molar-refractivity contribution in [3.05, 3.63) is 94.9 Å². The van der Waals surface area contributed by atoms with Gasteiger partial charge in [-0.3, -0.25) is 4.79 Å². The number of carbonyl (C=O) groups is 1. The molecule has 0 radical (unpaired) electrons. The van der Waals surface area contributed by atoms with Crippen LogP contribution >= 0.6 is 11.8 Å². The molecule has 0 fully saturated rings. The first kappa shape index (κ1) is 33.7. The Morgan fingerprint density at radius 1 is 1.10 bits per heavy atom. The van der Waals surface area contributed by atoms with E-state index in [0.717, 1.165) is 52.8 Å². The molecule has 0 unspecified atom stereocenters. The lowest BCUT2D eigenvalue weighted by atomic mass is 9.75. The van der Waals surface area contributed by atoms with Gasteiger partial charge in [-0.1, -0.05) is 51.5 Å². The third-order valence-corrected chi connectivity index (χ3v) is 11.0. The lowest BCUT2D eigenvalue weighted by Crippen LogP contribution is -2.27. The molecule has 2 N–H and O–H groups in total. The number of halogens is 2. The van der Waals surface area contributed by atoms with E-state index in [1.54, 1.807) is 30.9 Å². The zero-order valence-electron chi connectivity index (χ0n) is 28.1. The van der Waals surface area contributed by atoms with Crippen molar-refractivity contribution in [2.75, 3.05) is 11.5 Å². The summed E-state index contributed by atoms with van der Waals surface area (Å²) in [5.41, 5.74) is 2.99. The third kappa shape index (κ3) is 6.86. The lowest BCUT2D eigenvalue weighted by molar-refractivity contribution is -0.141. The van der Waals surface area contributed by atoms with Gasteiger partial charge in [-0.2, -0.15) is 16.9 Å². The van der Waals surface area contributed by atoms with Crippen LogP contribution in [0.25, 0.3) is 22.3 Å². The highest BCUT2D eigenvalue weighted by molar-refractivity contribution is 7.99. The first-order chi connectivity index (χ1) is 22.8. The molecule has 1 aliphatic rings. The van der Waals surface area contributed by atoms with E-state index in [1.807, 2.05) is 36.0 Å². The Hall–Kier alpha value is -4.18. The SMILES string of the molecule is C[C@@H](Cc1cccc([C@@]2(C)CCCC(C)(C)CSCCc3c(c(F)cc4[nH]ccc34)Oc3ccc(F)c(c3)-c3nc2nn3C)c1)C(=O)O. The largest absolute Gasteiger partial charge is 0.481 e. The van der Waals surface area contributed by atoms with Crippen LogP contribution in [0, 0.1) is 23.0 Å². The van der Waals surface area contributed by atoms with Gasteiger partial charge in [-0.15, -0.1) is 0 Å². The second-order valence-corrected chi connectivity index (χ2v) is 15.1. The van der Waals surface area contributed by atoms with Crippen molar-refractivity contribution >= 4 is 28.6 Å². The van der Waals surface area contributed by atoms with E-state index in [-0.39, 0.29) is 16.7 Å². The molecular weight excluding hydrogens is 631 g/mol. The van der Waals surface area contributed by atoms with Crippen LogP contribution in [0.5, 0.6) is 11.5 Å². The number of fused-ring (bicyclic) bond motifs is 8. The van der Waals surface area contributed by atoms with Crippen LogP contribution < -0.4 is 4.74 Å². The van der Waals surface area contributed by atoms with Gasteiger partial charge in [-0.25, -0.2) is 18.4 Å². The summed E-state index contributed by atoms with van der Waals surface area (Å²) in [6, 6.07) is 15.8. The average molecular weight is 673 g/mol. The molecule has 0 amide bonds. The number of ether oxygens (including phenoxy) is 1. The van der Waals surface area contributed by atoms with Crippen LogP contribution in [0.3, 0.4) is 0 Å². The van der Waals surface area contributed by atoms with E-state index in [1.165, 1.54) is 18.2 Å². The summed E-state index contributed by atoms with van der Waals surface area (Å²) in [5.74, 6) is 0.694. The molecule has 5 aromatic rings. The molecular formula is C38H42F2N4O3S. The molecule has 2 aromatic heterocycles. The van der Waals surface area contributed by atoms with Crippen LogP contribution in [0.2, 0.25) is 0 Å².